The van der Waals surface area contributed by atoms with Crippen LogP contribution in [0, 0.1) is 5.92 Å². The zero-order valence-electron chi connectivity index (χ0n) is 13.6. The maximum absolute atomic E-state index is 11.0. The molecule has 1 aromatic heterocycles. The maximum Gasteiger partial charge on any atom is 0.317 e. The first kappa shape index (κ1) is 16.4. The molecule has 1 aromatic rings. The molecule has 2 atom stereocenters. The molecule has 2 saturated heterocycles. The highest BCUT2D eigenvalue weighted by molar-refractivity contribution is 5.69. The van der Waals surface area contributed by atoms with Crippen molar-refractivity contribution in [1.82, 2.24) is 19.9 Å². The number of aromatic nitrogens is 2. The van der Waals surface area contributed by atoms with Gasteiger partial charge in [0.15, 0.2) is 5.82 Å². The molecule has 0 unspecified atom stereocenters. The van der Waals surface area contributed by atoms with Gasteiger partial charge in [0.2, 0.25) is 5.89 Å². The summed E-state index contributed by atoms with van der Waals surface area (Å²) in [6.07, 6.45) is 0. The summed E-state index contributed by atoms with van der Waals surface area (Å²) in [7, 11) is 0. The third kappa shape index (κ3) is 4.07. The molecule has 2 fully saturated rings. The first-order valence-electron chi connectivity index (χ1n) is 8.09. The predicted molar refractivity (Wildman–Crippen MR) is 81.0 cm³/mol. The van der Waals surface area contributed by atoms with Crippen molar-refractivity contribution in [3.63, 3.8) is 0 Å². The Balaban J connectivity index is 1.70. The van der Waals surface area contributed by atoms with E-state index in [-0.39, 0.29) is 18.5 Å². The van der Waals surface area contributed by atoms with Crippen LogP contribution in [0.3, 0.4) is 0 Å². The molecule has 0 aliphatic carbocycles. The lowest BCUT2D eigenvalue weighted by Crippen LogP contribution is -2.44. The molecule has 2 bridgehead atoms. The molecular weight excluding hydrogens is 300 g/mol. The van der Waals surface area contributed by atoms with Crippen LogP contribution in [-0.2, 0) is 16.1 Å². The number of carboxylic acids is 1. The SMILES string of the molecule is CC(C)c1noc(CN2C[C@H]3COC[C@@H]2CN(CC(=O)O)C3)n1. The summed E-state index contributed by atoms with van der Waals surface area (Å²) in [4.78, 5) is 19.8. The van der Waals surface area contributed by atoms with E-state index in [0.29, 0.717) is 38.1 Å². The second-order valence-corrected chi connectivity index (χ2v) is 6.78. The van der Waals surface area contributed by atoms with Crippen LogP contribution in [0.1, 0.15) is 31.5 Å². The molecule has 23 heavy (non-hydrogen) atoms. The van der Waals surface area contributed by atoms with E-state index >= 15 is 0 Å². The standard InChI is InChI=1S/C15H24N4O4/c1-10(2)15-16-13(23-17-15)6-19-4-11-3-18(7-14(20)21)5-12(19)9-22-8-11/h10-12H,3-9H2,1-2H3,(H,20,21)/t11-,12-/m0/s1. The fraction of sp³-hybridized carbons (Fsp3) is 0.800. The van der Waals surface area contributed by atoms with E-state index in [1.54, 1.807) is 0 Å². The average Bonchev–Trinajstić information content (AvgIpc) is 2.76. The smallest absolute Gasteiger partial charge is 0.317 e. The number of fused-ring (bicyclic) bond motifs is 3. The second kappa shape index (κ2) is 6.94. The average molecular weight is 324 g/mol. The molecule has 3 heterocycles. The number of nitrogens with zero attached hydrogens (tertiary/aromatic N) is 4. The van der Waals surface area contributed by atoms with E-state index < -0.39 is 5.97 Å². The molecule has 128 valence electrons. The fourth-order valence-corrected chi connectivity index (χ4v) is 3.28. The van der Waals surface area contributed by atoms with Gasteiger partial charge in [-0.05, 0) is 0 Å². The molecule has 8 heteroatoms. The minimum Gasteiger partial charge on any atom is -0.480 e. The Labute approximate surface area is 135 Å². The van der Waals surface area contributed by atoms with Crippen molar-refractivity contribution in [3.8, 4) is 0 Å². The summed E-state index contributed by atoms with van der Waals surface area (Å²) in [6, 6.07) is 0.149. The molecule has 0 amide bonds. The van der Waals surface area contributed by atoms with Crippen molar-refractivity contribution in [3.05, 3.63) is 11.7 Å². The van der Waals surface area contributed by atoms with Crippen molar-refractivity contribution >= 4 is 5.97 Å². The molecule has 0 radical (unpaired) electrons. The monoisotopic (exact) mass is 324 g/mol. The zero-order valence-corrected chi connectivity index (χ0v) is 13.6. The highest BCUT2D eigenvalue weighted by atomic mass is 16.5. The van der Waals surface area contributed by atoms with Gasteiger partial charge in [-0.25, -0.2) is 0 Å². The molecule has 0 aromatic carbocycles. The summed E-state index contributed by atoms with van der Waals surface area (Å²) in [5, 5.41) is 13.1. The number of hydrogen-bond acceptors (Lipinski definition) is 7. The Hall–Kier alpha value is -1.51. The fourth-order valence-electron chi connectivity index (χ4n) is 3.28. The second-order valence-electron chi connectivity index (χ2n) is 6.78. The molecule has 1 N–H and O–H groups in total. The topological polar surface area (TPSA) is 91.9 Å². The quantitative estimate of drug-likeness (QED) is 0.833. The third-order valence-electron chi connectivity index (χ3n) is 4.36. The van der Waals surface area contributed by atoms with Gasteiger partial charge in [-0.15, -0.1) is 0 Å². The van der Waals surface area contributed by atoms with Crippen molar-refractivity contribution in [2.75, 3.05) is 39.4 Å². The highest BCUT2D eigenvalue weighted by Gasteiger charge is 2.34. The van der Waals surface area contributed by atoms with E-state index in [2.05, 4.69) is 15.0 Å². The summed E-state index contributed by atoms with van der Waals surface area (Å²) < 4.78 is 11.1. The first-order valence-corrected chi connectivity index (χ1v) is 8.09. The van der Waals surface area contributed by atoms with Gasteiger partial charge in [-0.3, -0.25) is 14.6 Å². The van der Waals surface area contributed by atoms with Crippen LogP contribution in [0.15, 0.2) is 4.52 Å². The lowest BCUT2D eigenvalue weighted by Gasteiger charge is -2.29. The number of ether oxygens (including phenoxy) is 1. The van der Waals surface area contributed by atoms with Gasteiger partial charge in [-0.1, -0.05) is 19.0 Å². The van der Waals surface area contributed by atoms with Crippen LogP contribution in [0.2, 0.25) is 0 Å². The van der Waals surface area contributed by atoms with Crippen LogP contribution in [0.25, 0.3) is 0 Å². The van der Waals surface area contributed by atoms with Gasteiger partial charge in [0.25, 0.3) is 0 Å². The van der Waals surface area contributed by atoms with Gasteiger partial charge < -0.3 is 14.4 Å². The largest absolute Gasteiger partial charge is 0.480 e. The summed E-state index contributed by atoms with van der Waals surface area (Å²) in [6.45, 7) is 8.32. The van der Waals surface area contributed by atoms with Crippen LogP contribution in [0.4, 0.5) is 0 Å². The molecule has 2 aliphatic heterocycles. The van der Waals surface area contributed by atoms with Gasteiger partial charge in [0.05, 0.1) is 26.3 Å². The minimum absolute atomic E-state index is 0.0822. The highest BCUT2D eigenvalue weighted by Crippen LogP contribution is 2.21. The number of hydrogen-bond donors (Lipinski definition) is 1. The van der Waals surface area contributed by atoms with E-state index in [1.807, 2.05) is 18.7 Å². The van der Waals surface area contributed by atoms with E-state index in [4.69, 9.17) is 14.4 Å². The lowest BCUT2D eigenvalue weighted by atomic mass is 10.1. The number of carboxylic acid groups (broad SMARTS) is 1. The Bertz CT molecular complexity index is 547. The normalized spacial score (nSPS) is 26.4. The first-order chi connectivity index (χ1) is 11.0. The van der Waals surface area contributed by atoms with Gasteiger partial charge >= 0.3 is 5.97 Å². The Morgan fingerprint density at radius 3 is 2.87 bits per heavy atom. The maximum atomic E-state index is 11.0. The van der Waals surface area contributed by atoms with Crippen LogP contribution < -0.4 is 0 Å². The molecule has 8 nitrogen and oxygen atoms in total. The lowest BCUT2D eigenvalue weighted by molar-refractivity contribution is -0.138. The van der Waals surface area contributed by atoms with Crippen LogP contribution >= 0.6 is 0 Å². The van der Waals surface area contributed by atoms with E-state index in [0.717, 1.165) is 18.9 Å². The number of rotatable bonds is 5. The summed E-state index contributed by atoms with van der Waals surface area (Å²) >= 11 is 0. The Morgan fingerprint density at radius 1 is 1.35 bits per heavy atom. The Morgan fingerprint density at radius 2 is 2.17 bits per heavy atom. The van der Waals surface area contributed by atoms with Gasteiger partial charge in [0.1, 0.15) is 0 Å². The third-order valence-corrected chi connectivity index (χ3v) is 4.36. The number of carbonyl (C=O) groups is 1. The summed E-state index contributed by atoms with van der Waals surface area (Å²) in [5.41, 5.74) is 0. The van der Waals surface area contributed by atoms with Crippen molar-refractivity contribution < 1.29 is 19.2 Å². The van der Waals surface area contributed by atoms with Crippen LogP contribution in [0.5, 0.6) is 0 Å². The molecule has 3 rings (SSSR count). The van der Waals surface area contributed by atoms with Crippen LogP contribution in [-0.4, -0.2) is 76.5 Å². The molecular formula is C15H24N4O4. The molecule has 2 aliphatic rings. The van der Waals surface area contributed by atoms with Gasteiger partial charge in [-0.2, -0.15) is 4.98 Å². The predicted octanol–water partition coefficient (Wildman–Crippen LogP) is 0.410. The van der Waals surface area contributed by atoms with Gasteiger partial charge in [0, 0.05) is 37.5 Å². The van der Waals surface area contributed by atoms with E-state index in [9.17, 15) is 4.79 Å². The van der Waals surface area contributed by atoms with Crippen molar-refractivity contribution in [2.45, 2.75) is 32.4 Å². The molecule has 0 saturated carbocycles. The van der Waals surface area contributed by atoms with Crippen molar-refractivity contribution in [1.29, 1.82) is 0 Å². The summed E-state index contributed by atoms with van der Waals surface area (Å²) in [5.74, 6) is 1.10. The zero-order chi connectivity index (χ0) is 16.4. The Kier molecular flexibility index (Phi) is 4.93. The van der Waals surface area contributed by atoms with E-state index in [1.165, 1.54) is 0 Å². The number of aliphatic carboxylic acids is 1. The van der Waals surface area contributed by atoms with Crippen molar-refractivity contribution in [2.24, 2.45) is 5.92 Å². The molecule has 0 spiro atoms. The minimum atomic E-state index is -0.782.